The molecule has 0 aromatic carbocycles. The standard InChI is InChI=1S/C17H24N4/c1-13-12-21(14(2)15-8-10-18-11-9-15)17(19-13)20-16-6-4-3-5-7-16/h8-12,14,16H,3-7H2,1-2H3,(H,19,20). The van der Waals surface area contributed by atoms with Crippen molar-refractivity contribution in [1.29, 1.82) is 0 Å². The first-order chi connectivity index (χ1) is 10.2. The molecule has 0 saturated heterocycles. The van der Waals surface area contributed by atoms with E-state index in [1.165, 1.54) is 37.7 Å². The molecule has 3 rings (SSSR count). The smallest absolute Gasteiger partial charge is 0.203 e. The molecule has 0 radical (unpaired) electrons. The summed E-state index contributed by atoms with van der Waals surface area (Å²) in [6.45, 7) is 4.27. The largest absolute Gasteiger partial charge is 0.353 e. The summed E-state index contributed by atoms with van der Waals surface area (Å²) >= 11 is 0. The van der Waals surface area contributed by atoms with Crippen molar-refractivity contribution in [1.82, 2.24) is 14.5 Å². The summed E-state index contributed by atoms with van der Waals surface area (Å²) in [4.78, 5) is 8.79. The van der Waals surface area contributed by atoms with Crippen LogP contribution in [0.5, 0.6) is 0 Å². The molecule has 2 heterocycles. The summed E-state index contributed by atoms with van der Waals surface area (Å²) in [6, 6.07) is 4.98. The first kappa shape index (κ1) is 14.1. The number of nitrogens with zero attached hydrogens (tertiary/aromatic N) is 3. The molecule has 0 amide bonds. The van der Waals surface area contributed by atoms with Crippen LogP contribution in [0.15, 0.2) is 30.7 Å². The first-order valence-corrected chi connectivity index (χ1v) is 7.96. The summed E-state index contributed by atoms with van der Waals surface area (Å²) in [5, 5.41) is 3.66. The van der Waals surface area contributed by atoms with Gasteiger partial charge in [0, 0.05) is 24.6 Å². The molecule has 1 aliphatic rings. The van der Waals surface area contributed by atoms with Gasteiger partial charge in [-0.05, 0) is 44.4 Å². The zero-order valence-corrected chi connectivity index (χ0v) is 12.9. The van der Waals surface area contributed by atoms with Gasteiger partial charge in [0.05, 0.1) is 11.7 Å². The van der Waals surface area contributed by atoms with Gasteiger partial charge in [0.1, 0.15) is 0 Å². The number of hydrogen-bond donors (Lipinski definition) is 1. The van der Waals surface area contributed by atoms with E-state index >= 15 is 0 Å². The van der Waals surface area contributed by atoms with Crippen LogP contribution < -0.4 is 5.32 Å². The Morgan fingerprint density at radius 3 is 2.62 bits per heavy atom. The number of pyridine rings is 1. The second kappa shape index (κ2) is 6.29. The third-order valence-corrected chi connectivity index (χ3v) is 4.40. The summed E-state index contributed by atoms with van der Waals surface area (Å²) in [6.07, 6.45) is 12.4. The number of imidazole rings is 1. The molecule has 4 heteroatoms. The number of hydrogen-bond acceptors (Lipinski definition) is 3. The van der Waals surface area contributed by atoms with Crippen LogP contribution in [0.1, 0.15) is 56.3 Å². The Labute approximate surface area is 126 Å². The van der Waals surface area contributed by atoms with Crippen LogP contribution in [-0.4, -0.2) is 20.6 Å². The van der Waals surface area contributed by atoms with E-state index in [4.69, 9.17) is 0 Å². The van der Waals surface area contributed by atoms with Gasteiger partial charge in [0.15, 0.2) is 0 Å². The van der Waals surface area contributed by atoms with E-state index in [9.17, 15) is 0 Å². The van der Waals surface area contributed by atoms with Crippen LogP contribution in [0, 0.1) is 6.92 Å². The fourth-order valence-corrected chi connectivity index (χ4v) is 3.15. The maximum atomic E-state index is 4.69. The van der Waals surface area contributed by atoms with Crippen molar-refractivity contribution in [3.8, 4) is 0 Å². The minimum atomic E-state index is 0.264. The average molecular weight is 284 g/mol. The highest BCUT2D eigenvalue weighted by atomic mass is 15.2. The molecule has 1 atom stereocenters. The maximum absolute atomic E-state index is 4.69. The highest BCUT2D eigenvalue weighted by Gasteiger charge is 2.18. The zero-order valence-electron chi connectivity index (χ0n) is 12.9. The van der Waals surface area contributed by atoms with Crippen molar-refractivity contribution in [2.75, 3.05) is 5.32 Å². The van der Waals surface area contributed by atoms with Gasteiger partial charge < -0.3 is 9.88 Å². The van der Waals surface area contributed by atoms with E-state index in [1.807, 2.05) is 12.4 Å². The van der Waals surface area contributed by atoms with E-state index in [0.717, 1.165) is 11.6 Å². The molecule has 1 N–H and O–H groups in total. The molecule has 1 aliphatic carbocycles. The van der Waals surface area contributed by atoms with E-state index in [1.54, 1.807) is 0 Å². The Kier molecular flexibility index (Phi) is 4.23. The number of nitrogens with one attached hydrogen (secondary N) is 1. The topological polar surface area (TPSA) is 42.7 Å². The third-order valence-electron chi connectivity index (χ3n) is 4.40. The fourth-order valence-electron chi connectivity index (χ4n) is 3.15. The molecule has 2 aromatic rings. The lowest BCUT2D eigenvalue weighted by Gasteiger charge is -2.25. The van der Waals surface area contributed by atoms with Crippen molar-refractivity contribution in [3.05, 3.63) is 42.0 Å². The van der Waals surface area contributed by atoms with Crippen molar-refractivity contribution < 1.29 is 0 Å². The lowest BCUT2D eigenvalue weighted by molar-refractivity contribution is 0.458. The van der Waals surface area contributed by atoms with Crippen LogP contribution in [0.2, 0.25) is 0 Å². The van der Waals surface area contributed by atoms with Gasteiger partial charge >= 0.3 is 0 Å². The lowest BCUT2D eigenvalue weighted by Crippen LogP contribution is -2.25. The fraction of sp³-hybridized carbons (Fsp3) is 0.529. The van der Waals surface area contributed by atoms with E-state index < -0.39 is 0 Å². The third kappa shape index (κ3) is 3.26. The van der Waals surface area contributed by atoms with Crippen LogP contribution in [0.4, 0.5) is 5.95 Å². The average Bonchev–Trinajstić information content (AvgIpc) is 2.89. The first-order valence-electron chi connectivity index (χ1n) is 7.96. The SMILES string of the molecule is Cc1cn(C(C)c2ccncc2)c(NC2CCCCC2)n1. The van der Waals surface area contributed by atoms with Gasteiger partial charge in [-0.15, -0.1) is 0 Å². The number of aryl methyl sites for hydroxylation is 1. The van der Waals surface area contributed by atoms with Gasteiger partial charge in [0.2, 0.25) is 5.95 Å². The van der Waals surface area contributed by atoms with Gasteiger partial charge in [0.25, 0.3) is 0 Å². The monoisotopic (exact) mass is 284 g/mol. The van der Waals surface area contributed by atoms with Crippen LogP contribution in [0.3, 0.4) is 0 Å². The van der Waals surface area contributed by atoms with Gasteiger partial charge in [-0.1, -0.05) is 19.3 Å². The summed E-state index contributed by atoms with van der Waals surface area (Å²) in [5.74, 6) is 1.00. The lowest BCUT2D eigenvalue weighted by atomic mass is 9.96. The molecule has 0 spiro atoms. The highest BCUT2D eigenvalue weighted by molar-refractivity contribution is 5.33. The Hall–Kier alpha value is -1.84. The highest BCUT2D eigenvalue weighted by Crippen LogP contribution is 2.25. The molecule has 1 fully saturated rings. The molecule has 0 bridgehead atoms. The van der Waals surface area contributed by atoms with Gasteiger partial charge in [-0.25, -0.2) is 4.98 Å². The molecule has 1 saturated carbocycles. The number of aromatic nitrogens is 3. The predicted molar refractivity (Wildman–Crippen MR) is 85.5 cm³/mol. The zero-order chi connectivity index (χ0) is 14.7. The number of rotatable bonds is 4. The maximum Gasteiger partial charge on any atom is 0.203 e. The van der Waals surface area contributed by atoms with Crippen molar-refractivity contribution in [3.63, 3.8) is 0 Å². The Morgan fingerprint density at radius 2 is 1.90 bits per heavy atom. The van der Waals surface area contributed by atoms with Crippen molar-refractivity contribution in [2.45, 2.75) is 58.0 Å². The van der Waals surface area contributed by atoms with E-state index in [2.05, 4.69) is 52.0 Å². The van der Waals surface area contributed by atoms with Crippen molar-refractivity contribution >= 4 is 5.95 Å². The summed E-state index contributed by atoms with van der Waals surface area (Å²) in [7, 11) is 0. The van der Waals surface area contributed by atoms with Crippen molar-refractivity contribution in [2.24, 2.45) is 0 Å². The Bertz CT molecular complexity index is 570. The Balaban J connectivity index is 1.81. The van der Waals surface area contributed by atoms with Crippen LogP contribution in [0.25, 0.3) is 0 Å². The van der Waals surface area contributed by atoms with Crippen LogP contribution >= 0.6 is 0 Å². The molecule has 4 nitrogen and oxygen atoms in total. The molecular formula is C17H24N4. The molecule has 0 aliphatic heterocycles. The van der Waals surface area contributed by atoms with Gasteiger partial charge in [-0.3, -0.25) is 4.98 Å². The summed E-state index contributed by atoms with van der Waals surface area (Å²) < 4.78 is 2.25. The van der Waals surface area contributed by atoms with Crippen LogP contribution in [-0.2, 0) is 0 Å². The minimum absolute atomic E-state index is 0.264. The minimum Gasteiger partial charge on any atom is -0.353 e. The number of anilines is 1. The van der Waals surface area contributed by atoms with E-state index in [0.29, 0.717) is 6.04 Å². The molecular weight excluding hydrogens is 260 g/mol. The molecule has 2 aromatic heterocycles. The Morgan fingerprint density at radius 1 is 1.19 bits per heavy atom. The second-order valence-electron chi connectivity index (χ2n) is 6.05. The molecule has 1 unspecified atom stereocenters. The molecule has 112 valence electrons. The predicted octanol–water partition coefficient (Wildman–Crippen LogP) is 3.94. The van der Waals surface area contributed by atoms with Gasteiger partial charge in [-0.2, -0.15) is 0 Å². The normalized spacial score (nSPS) is 17.6. The van der Waals surface area contributed by atoms with E-state index in [-0.39, 0.29) is 6.04 Å². The quantitative estimate of drug-likeness (QED) is 0.924. The second-order valence-corrected chi connectivity index (χ2v) is 6.05. The summed E-state index contributed by atoms with van der Waals surface area (Å²) in [5.41, 5.74) is 2.32. The molecule has 21 heavy (non-hydrogen) atoms.